The molecule has 1 amide bonds. The molecule has 6 heteroatoms. The van der Waals surface area contributed by atoms with Gasteiger partial charge in [0.2, 0.25) is 6.79 Å². The van der Waals surface area contributed by atoms with Crippen molar-refractivity contribution >= 4 is 23.0 Å². The fourth-order valence-electron chi connectivity index (χ4n) is 3.65. The monoisotopic (exact) mass is 373 g/mol. The van der Waals surface area contributed by atoms with Crippen molar-refractivity contribution in [2.75, 3.05) is 23.6 Å². The predicted molar refractivity (Wildman–Crippen MR) is 107 cm³/mol. The number of aromatic nitrogens is 1. The number of fused-ring (bicyclic) bond motifs is 2. The van der Waals surface area contributed by atoms with Crippen molar-refractivity contribution in [2.45, 2.75) is 12.8 Å². The molecule has 2 aliphatic heterocycles. The van der Waals surface area contributed by atoms with E-state index < -0.39 is 0 Å². The predicted octanol–water partition coefficient (Wildman–Crippen LogP) is 4.15. The van der Waals surface area contributed by atoms with Crippen LogP contribution in [0.2, 0.25) is 0 Å². The first kappa shape index (κ1) is 16.6. The largest absolute Gasteiger partial charge is 0.454 e. The maximum absolute atomic E-state index is 13.1. The van der Waals surface area contributed by atoms with Crippen LogP contribution in [0.3, 0.4) is 0 Å². The summed E-state index contributed by atoms with van der Waals surface area (Å²) < 4.78 is 10.8. The fourth-order valence-corrected chi connectivity index (χ4v) is 3.65. The number of nitrogens with zero attached hydrogens (tertiary/aromatic N) is 2. The third-order valence-electron chi connectivity index (χ3n) is 5.00. The van der Waals surface area contributed by atoms with Gasteiger partial charge in [-0.15, -0.1) is 0 Å². The summed E-state index contributed by atoms with van der Waals surface area (Å²) in [4.78, 5) is 19.3. The summed E-state index contributed by atoms with van der Waals surface area (Å²) in [7, 11) is 0. The van der Waals surface area contributed by atoms with Gasteiger partial charge >= 0.3 is 0 Å². The van der Waals surface area contributed by atoms with E-state index in [2.05, 4.69) is 16.4 Å². The molecule has 2 aromatic carbocycles. The Morgan fingerprint density at radius 3 is 2.82 bits per heavy atom. The summed E-state index contributed by atoms with van der Waals surface area (Å²) in [6.07, 6.45) is 3.61. The van der Waals surface area contributed by atoms with Crippen molar-refractivity contribution in [2.24, 2.45) is 0 Å². The minimum atomic E-state index is -0.0820. The van der Waals surface area contributed by atoms with Crippen LogP contribution in [0.4, 0.5) is 17.1 Å². The van der Waals surface area contributed by atoms with E-state index >= 15 is 0 Å². The minimum absolute atomic E-state index is 0.0820. The number of ether oxygens (including phenoxy) is 2. The van der Waals surface area contributed by atoms with Crippen molar-refractivity contribution in [1.82, 2.24) is 4.98 Å². The van der Waals surface area contributed by atoms with Gasteiger partial charge in [0.05, 0.1) is 0 Å². The van der Waals surface area contributed by atoms with Crippen LogP contribution in [0.1, 0.15) is 22.5 Å². The molecule has 140 valence electrons. The Labute approximate surface area is 162 Å². The van der Waals surface area contributed by atoms with E-state index in [1.165, 1.54) is 5.56 Å². The highest BCUT2D eigenvalue weighted by Gasteiger charge is 2.24. The zero-order chi connectivity index (χ0) is 18.9. The van der Waals surface area contributed by atoms with Gasteiger partial charge in [0.15, 0.2) is 11.5 Å². The summed E-state index contributed by atoms with van der Waals surface area (Å²) in [6.45, 7) is 0.946. The van der Waals surface area contributed by atoms with Crippen molar-refractivity contribution < 1.29 is 14.3 Å². The first-order chi connectivity index (χ1) is 13.8. The molecular weight excluding hydrogens is 354 g/mol. The van der Waals surface area contributed by atoms with Gasteiger partial charge in [-0.1, -0.05) is 18.2 Å². The second kappa shape index (κ2) is 6.88. The molecule has 0 saturated carbocycles. The molecule has 0 atom stereocenters. The van der Waals surface area contributed by atoms with Gasteiger partial charge in [0.25, 0.3) is 5.91 Å². The molecule has 0 unspecified atom stereocenters. The van der Waals surface area contributed by atoms with Crippen molar-refractivity contribution in [3.05, 3.63) is 72.1 Å². The smallest absolute Gasteiger partial charge is 0.276 e. The second-order valence-corrected chi connectivity index (χ2v) is 6.81. The molecule has 0 bridgehead atoms. The summed E-state index contributed by atoms with van der Waals surface area (Å²) in [6, 6.07) is 17.3. The minimum Gasteiger partial charge on any atom is -0.454 e. The quantitative estimate of drug-likeness (QED) is 0.747. The Bertz CT molecular complexity index is 1050. The molecule has 1 aromatic heterocycles. The van der Waals surface area contributed by atoms with Gasteiger partial charge in [0, 0.05) is 35.9 Å². The average Bonchev–Trinajstić information content (AvgIpc) is 3.21. The number of anilines is 3. The SMILES string of the molecule is O=C(c1cc(Nc2ccc3c(c2)OCO3)ccn1)N1CCCc2ccccc21. The highest BCUT2D eigenvalue weighted by Crippen LogP contribution is 2.35. The Hall–Kier alpha value is -3.54. The summed E-state index contributed by atoms with van der Waals surface area (Å²) in [5.41, 5.74) is 4.26. The first-order valence-corrected chi connectivity index (χ1v) is 9.30. The standard InChI is InChI=1S/C22H19N3O3/c26-22(25-11-3-5-15-4-1-2-6-19(15)25)18-12-17(9-10-23-18)24-16-7-8-20-21(13-16)28-14-27-20/h1-2,4,6-10,12-13H,3,5,11,14H2,(H,23,24). The number of benzene rings is 2. The highest BCUT2D eigenvalue weighted by atomic mass is 16.7. The summed E-state index contributed by atoms with van der Waals surface area (Å²) >= 11 is 0. The lowest BCUT2D eigenvalue weighted by atomic mass is 10.0. The number of carbonyl (C=O) groups is 1. The van der Waals surface area contributed by atoms with Crippen molar-refractivity contribution in [1.29, 1.82) is 0 Å². The number of hydrogen-bond donors (Lipinski definition) is 1. The molecule has 2 aliphatic rings. The molecule has 0 fully saturated rings. The van der Waals surface area contributed by atoms with E-state index in [-0.39, 0.29) is 12.7 Å². The normalized spacial score (nSPS) is 14.5. The van der Waals surface area contributed by atoms with E-state index in [4.69, 9.17) is 9.47 Å². The number of carbonyl (C=O) groups excluding carboxylic acids is 1. The molecule has 0 spiro atoms. The Kier molecular flexibility index (Phi) is 4.09. The van der Waals surface area contributed by atoms with Crippen LogP contribution in [0.15, 0.2) is 60.8 Å². The number of rotatable bonds is 3. The van der Waals surface area contributed by atoms with Gasteiger partial charge < -0.3 is 19.7 Å². The molecular formula is C22H19N3O3. The Balaban J connectivity index is 1.39. The van der Waals surface area contributed by atoms with Gasteiger partial charge in [-0.05, 0) is 48.7 Å². The van der Waals surface area contributed by atoms with Gasteiger partial charge in [-0.2, -0.15) is 0 Å². The lowest BCUT2D eigenvalue weighted by Crippen LogP contribution is -2.35. The van der Waals surface area contributed by atoms with Crippen LogP contribution in [0.25, 0.3) is 0 Å². The first-order valence-electron chi connectivity index (χ1n) is 9.30. The third-order valence-corrected chi connectivity index (χ3v) is 5.00. The van der Waals surface area contributed by atoms with E-state index in [9.17, 15) is 4.79 Å². The number of para-hydroxylation sites is 1. The second-order valence-electron chi connectivity index (χ2n) is 6.81. The van der Waals surface area contributed by atoms with Crippen LogP contribution in [-0.4, -0.2) is 24.2 Å². The van der Waals surface area contributed by atoms with Crippen LogP contribution < -0.4 is 19.7 Å². The number of pyridine rings is 1. The number of amides is 1. The molecule has 0 saturated heterocycles. The molecule has 0 radical (unpaired) electrons. The van der Waals surface area contributed by atoms with Crippen molar-refractivity contribution in [3.63, 3.8) is 0 Å². The number of hydrogen-bond acceptors (Lipinski definition) is 5. The fraction of sp³-hybridized carbons (Fsp3) is 0.182. The van der Waals surface area contributed by atoms with E-state index in [0.29, 0.717) is 18.0 Å². The van der Waals surface area contributed by atoms with Gasteiger partial charge in [0.1, 0.15) is 5.69 Å². The summed E-state index contributed by atoms with van der Waals surface area (Å²) in [5, 5.41) is 3.30. The molecule has 1 N–H and O–H groups in total. The van der Waals surface area contributed by atoms with Crippen LogP contribution in [0, 0.1) is 0 Å². The molecule has 3 heterocycles. The number of nitrogens with one attached hydrogen (secondary N) is 1. The summed E-state index contributed by atoms with van der Waals surface area (Å²) in [5.74, 6) is 1.36. The maximum Gasteiger partial charge on any atom is 0.276 e. The molecule has 6 nitrogen and oxygen atoms in total. The van der Waals surface area contributed by atoms with E-state index in [1.54, 1.807) is 12.3 Å². The van der Waals surface area contributed by atoms with E-state index in [0.717, 1.165) is 35.7 Å². The average molecular weight is 373 g/mol. The molecule has 0 aliphatic carbocycles. The molecule has 5 rings (SSSR count). The number of aryl methyl sites for hydroxylation is 1. The van der Waals surface area contributed by atoms with Crippen LogP contribution in [0.5, 0.6) is 11.5 Å². The van der Waals surface area contributed by atoms with Crippen LogP contribution >= 0.6 is 0 Å². The Morgan fingerprint density at radius 1 is 1.00 bits per heavy atom. The van der Waals surface area contributed by atoms with Gasteiger partial charge in [-0.3, -0.25) is 9.78 Å². The topological polar surface area (TPSA) is 63.7 Å². The van der Waals surface area contributed by atoms with Crippen LogP contribution in [-0.2, 0) is 6.42 Å². The maximum atomic E-state index is 13.1. The lowest BCUT2D eigenvalue weighted by molar-refractivity contribution is 0.0980. The molecule has 3 aromatic rings. The van der Waals surface area contributed by atoms with Gasteiger partial charge in [-0.25, -0.2) is 0 Å². The van der Waals surface area contributed by atoms with E-state index in [1.807, 2.05) is 47.4 Å². The highest BCUT2D eigenvalue weighted by molar-refractivity contribution is 6.06. The zero-order valence-corrected chi connectivity index (χ0v) is 15.2. The van der Waals surface area contributed by atoms with Crippen molar-refractivity contribution in [3.8, 4) is 11.5 Å². The lowest BCUT2D eigenvalue weighted by Gasteiger charge is -2.29. The Morgan fingerprint density at radius 2 is 1.86 bits per heavy atom. The zero-order valence-electron chi connectivity index (χ0n) is 15.2. The third kappa shape index (κ3) is 3.03. The molecule has 28 heavy (non-hydrogen) atoms.